The number of benzene rings is 1. The summed E-state index contributed by atoms with van der Waals surface area (Å²) in [6.45, 7) is 12.6. The van der Waals surface area contributed by atoms with Crippen molar-refractivity contribution in [3.63, 3.8) is 0 Å². The first-order valence-electron chi connectivity index (χ1n) is 9.45. The zero-order valence-corrected chi connectivity index (χ0v) is 17.9. The average Bonchev–Trinajstić information content (AvgIpc) is 2.60. The lowest BCUT2D eigenvalue weighted by Gasteiger charge is -2.45. The molecular weight excluding hydrogens is 370 g/mol. The van der Waals surface area contributed by atoms with Gasteiger partial charge in [-0.15, -0.1) is 6.58 Å². The van der Waals surface area contributed by atoms with Crippen LogP contribution >= 0.6 is 12.2 Å². The first-order valence-corrected chi connectivity index (χ1v) is 9.85. The van der Waals surface area contributed by atoms with Gasteiger partial charge in [0, 0.05) is 24.8 Å². The van der Waals surface area contributed by atoms with E-state index in [1.807, 2.05) is 6.92 Å². The second kappa shape index (κ2) is 7.17. The number of rotatable bonds is 3. The van der Waals surface area contributed by atoms with E-state index < -0.39 is 11.8 Å². The number of nitrogens with one attached hydrogen (secondary N) is 1. The molecule has 0 aromatic heterocycles. The van der Waals surface area contributed by atoms with Crippen molar-refractivity contribution in [1.82, 2.24) is 10.2 Å². The summed E-state index contributed by atoms with van der Waals surface area (Å²) in [5.41, 5.74) is 4.52. The van der Waals surface area contributed by atoms with Crippen LogP contribution in [0.5, 0.6) is 0 Å². The summed E-state index contributed by atoms with van der Waals surface area (Å²) in [6.07, 6.45) is 4.30. The van der Waals surface area contributed by atoms with E-state index in [-0.39, 0.29) is 22.8 Å². The third-order valence-electron chi connectivity index (χ3n) is 5.82. The second-order valence-corrected chi connectivity index (χ2v) is 8.65. The van der Waals surface area contributed by atoms with E-state index >= 15 is 0 Å². The highest BCUT2D eigenvalue weighted by molar-refractivity contribution is 7.80. The van der Waals surface area contributed by atoms with Gasteiger partial charge >= 0.3 is 0 Å². The van der Waals surface area contributed by atoms with Crippen molar-refractivity contribution in [2.24, 2.45) is 0 Å². The summed E-state index contributed by atoms with van der Waals surface area (Å²) in [7, 11) is 2.12. The van der Waals surface area contributed by atoms with Gasteiger partial charge in [0.25, 0.3) is 11.8 Å². The number of anilines is 1. The van der Waals surface area contributed by atoms with E-state index in [9.17, 15) is 9.59 Å². The molecule has 0 spiro atoms. The molecule has 1 N–H and O–H groups in total. The van der Waals surface area contributed by atoms with Crippen molar-refractivity contribution in [1.29, 1.82) is 0 Å². The van der Waals surface area contributed by atoms with Crippen LogP contribution in [0.3, 0.4) is 0 Å². The molecule has 0 saturated carbocycles. The number of thiocarbonyl (C=S) groups is 1. The molecule has 1 saturated heterocycles. The molecule has 1 aromatic rings. The van der Waals surface area contributed by atoms with Gasteiger partial charge in [0.15, 0.2) is 5.11 Å². The van der Waals surface area contributed by atoms with Crippen LogP contribution in [0.1, 0.15) is 49.8 Å². The van der Waals surface area contributed by atoms with Crippen molar-refractivity contribution in [2.45, 2.75) is 45.6 Å². The molecule has 1 atom stereocenters. The van der Waals surface area contributed by atoms with Crippen LogP contribution in [0.15, 0.2) is 30.4 Å². The van der Waals surface area contributed by atoms with Gasteiger partial charge in [0.2, 0.25) is 0 Å². The predicted octanol–water partition coefficient (Wildman–Crippen LogP) is 3.53. The first kappa shape index (κ1) is 20.3. The molecule has 148 valence electrons. The zero-order valence-electron chi connectivity index (χ0n) is 17.1. The van der Waals surface area contributed by atoms with Crippen LogP contribution in [0.2, 0.25) is 0 Å². The summed E-state index contributed by atoms with van der Waals surface area (Å²) in [6, 6.07) is 4.26. The van der Waals surface area contributed by atoms with Crippen LogP contribution in [-0.4, -0.2) is 41.0 Å². The standard InChI is InChI=1S/C22H27N3O2S/c1-7-8-25-20(27)17(19(26)23-21(25)28)11-15-10-16-14(3)12-22(4,5)24(6)18(16)9-13(15)2/h7,9-11,14H,1,8,12H2,2-6H3,(H,23,26,28)/b17-11-/t14-/m0/s1. The summed E-state index contributed by atoms with van der Waals surface area (Å²) < 4.78 is 0. The predicted molar refractivity (Wildman–Crippen MR) is 117 cm³/mol. The van der Waals surface area contributed by atoms with Gasteiger partial charge < -0.3 is 4.90 Å². The SMILES string of the molecule is C=CCN1C(=O)/C(=C\c2cc3c(cc2C)N(C)C(C)(C)C[C@@H]3C)C(=O)NC1=S. The molecular formula is C22H27N3O2S. The molecule has 3 rings (SSSR count). The summed E-state index contributed by atoms with van der Waals surface area (Å²) in [4.78, 5) is 28.9. The number of hydrogen-bond acceptors (Lipinski definition) is 4. The third kappa shape index (κ3) is 3.37. The molecule has 0 bridgehead atoms. The molecule has 1 fully saturated rings. The molecule has 2 aliphatic heterocycles. The van der Waals surface area contributed by atoms with Crippen LogP contribution in [0.4, 0.5) is 5.69 Å². The zero-order chi connectivity index (χ0) is 20.8. The van der Waals surface area contributed by atoms with Crippen molar-refractivity contribution in [2.75, 3.05) is 18.5 Å². The van der Waals surface area contributed by atoms with Crippen LogP contribution in [0.25, 0.3) is 6.08 Å². The van der Waals surface area contributed by atoms with Crippen LogP contribution in [0, 0.1) is 6.92 Å². The van der Waals surface area contributed by atoms with E-state index in [1.165, 1.54) is 16.2 Å². The quantitative estimate of drug-likeness (QED) is 0.367. The number of amides is 2. The number of nitrogens with zero attached hydrogens (tertiary/aromatic N) is 2. The van der Waals surface area contributed by atoms with Gasteiger partial charge in [0.05, 0.1) is 0 Å². The van der Waals surface area contributed by atoms with Crippen molar-refractivity contribution < 1.29 is 9.59 Å². The lowest BCUT2D eigenvalue weighted by atomic mass is 9.79. The summed E-state index contributed by atoms with van der Waals surface area (Å²) >= 11 is 5.11. The Morgan fingerprint density at radius 2 is 2.04 bits per heavy atom. The van der Waals surface area contributed by atoms with Gasteiger partial charge in [-0.1, -0.05) is 13.0 Å². The van der Waals surface area contributed by atoms with Crippen LogP contribution < -0.4 is 10.2 Å². The molecule has 1 aromatic carbocycles. The molecule has 5 nitrogen and oxygen atoms in total. The Labute approximate surface area is 172 Å². The Morgan fingerprint density at radius 3 is 2.68 bits per heavy atom. The number of carbonyl (C=O) groups is 2. The molecule has 28 heavy (non-hydrogen) atoms. The van der Waals surface area contributed by atoms with E-state index in [0.717, 1.165) is 17.5 Å². The fourth-order valence-corrected chi connectivity index (χ4v) is 4.28. The monoisotopic (exact) mass is 397 g/mol. The van der Waals surface area contributed by atoms with E-state index in [4.69, 9.17) is 12.2 Å². The largest absolute Gasteiger partial charge is 0.369 e. The van der Waals surface area contributed by atoms with Crippen molar-refractivity contribution in [3.05, 3.63) is 47.1 Å². The van der Waals surface area contributed by atoms with E-state index in [1.54, 1.807) is 12.2 Å². The van der Waals surface area contributed by atoms with E-state index in [0.29, 0.717) is 5.92 Å². The third-order valence-corrected chi connectivity index (χ3v) is 6.14. The highest BCUT2D eigenvalue weighted by atomic mass is 32.1. The average molecular weight is 398 g/mol. The minimum Gasteiger partial charge on any atom is -0.369 e. The number of fused-ring (bicyclic) bond motifs is 1. The maximum Gasteiger partial charge on any atom is 0.265 e. The van der Waals surface area contributed by atoms with Gasteiger partial charge in [-0.25, -0.2) is 0 Å². The van der Waals surface area contributed by atoms with Gasteiger partial charge in [-0.05, 0) is 80.2 Å². The fourth-order valence-electron chi connectivity index (χ4n) is 4.03. The molecule has 0 aliphatic carbocycles. The van der Waals surface area contributed by atoms with Gasteiger partial charge in [0.1, 0.15) is 5.57 Å². The smallest absolute Gasteiger partial charge is 0.265 e. The maximum absolute atomic E-state index is 12.8. The number of carbonyl (C=O) groups excluding carboxylic acids is 2. The minimum absolute atomic E-state index is 0.0823. The van der Waals surface area contributed by atoms with Gasteiger partial charge in [-0.2, -0.15) is 0 Å². The maximum atomic E-state index is 12.8. The Morgan fingerprint density at radius 1 is 1.36 bits per heavy atom. The lowest BCUT2D eigenvalue weighted by molar-refractivity contribution is -0.128. The Hall–Kier alpha value is -2.47. The van der Waals surface area contributed by atoms with Crippen molar-refractivity contribution >= 4 is 40.9 Å². The first-order chi connectivity index (χ1) is 13.1. The highest BCUT2D eigenvalue weighted by Gasteiger charge is 2.35. The molecule has 0 unspecified atom stereocenters. The molecule has 2 heterocycles. The molecule has 2 amide bonds. The Kier molecular flexibility index (Phi) is 5.19. The fraction of sp³-hybridized carbons (Fsp3) is 0.409. The van der Waals surface area contributed by atoms with Crippen LogP contribution in [-0.2, 0) is 9.59 Å². The van der Waals surface area contributed by atoms with Crippen molar-refractivity contribution in [3.8, 4) is 0 Å². The van der Waals surface area contributed by atoms with Gasteiger partial charge in [-0.3, -0.25) is 19.8 Å². The number of aryl methyl sites for hydroxylation is 1. The number of hydrogen-bond donors (Lipinski definition) is 1. The topological polar surface area (TPSA) is 52.7 Å². The minimum atomic E-state index is -0.460. The normalized spacial score (nSPS) is 23.0. The van der Waals surface area contributed by atoms with E-state index in [2.05, 4.69) is 56.7 Å². The summed E-state index contributed by atoms with van der Waals surface area (Å²) in [5.74, 6) is -0.463. The molecule has 2 aliphatic rings. The Bertz CT molecular complexity index is 917. The molecule has 6 heteroatoms. The Balaban J connectivity index is 2.06. The highest BCUT2D eigenvalue weighted by Crippen LogP contribution is 2.43. The lowest BCUT2D eigenvalue weighted by Crippen LogP contribution is -2.53. The second-order valence-electron chi connectivity index (χ2n) is 8.27. The molecule has 0 radical (unpaired) electrons. The summed E-state index contributed by atoms with van der Waals surface area (Å²) in [5, 5.41) is 2.71.